The predicted molar refractivity (Wildman–Crippen MR) is 124 cm³/mol. The van der Waals surface area contributed by atoms with Crippen LogP contribution >= 0.6 is 0 Å². The molecule has 178 valence electrons. The van der Waals surface area contributed by atoms with E-state index in [4.69, 9.17) is 4.74 Å². The summed E-state index contributed by atoms with van der Waals surface area (Å²) < 4.78 is 46.2. The number of methoxy groups -OCH3 is 1. The maximum Gasteiger partial charge on any atom is 0.243 e. The Morgan fingerprint density at radius 1 is 1.06 bits per heavy atom. The average molecular weight is 475 g/mol. The molecule has 1 amide bonds. The Kier molecular flexibility index (Phi) is 7.34. The molecule has 0 bridgehead atoms. The summed E-state index contributed by atoms with van der Waals surface area (Å²) in [7, 11) is -2.12. The molecule has 1 unspecified atom stereocenters. The summed E-state index contributed by atoms with van der Waals surface area (Å²) >= 11 is 0. The first-order chi connectivity index (χ1) is 15.9. The van der Waals surface area contributed by atoms with Crippen LogP contribution < -0.4 is 4.74 Å². The second-order valence-corrected chi connectivity index (χ2v) is 10.9. The molecule has 0 aromatic heterocycles. The molecule has 2 aliphatic rings. The van der Waals surface area contributed by atoms with Gasteiger partial charge < -0.3 is 9.64 Å². The minimum Gasteiger partial charge on any atom is -0.497 e. The number of piperidine rings is 2. The first-order valence-corrected chi connectivity index (χ1v) is 13.0. The zero-order valence-electron chi connectivity index (χ0n) is 19.0. The average Bonchev–Trinajstić information content (AvgIpc) is 2.84. The summed E-state index contributed by atoms with van der Waals surface area (Å²) in [6.07, 6.45) is 3.95. The van der Waals surface area contributed by atoms with Gasteiger partial charge in [0.25, 0.3) is 0 Å². The van der Waals surface area contributed by atoms with Crippen LogP contribution in [0.3, 0.4) is 0 Å². The van der Waals surface area contributed by atoms with Crippen molar-refractivity contribution in [2.75, 3.05) is 33.3 Å². The highest BCUT2D eigenvalue weighted by molar-refractivity contribution is 7.89. The number of sulfonamides is 1. The van der Waals surface area contributed by atoms with E-state index in [0.717, 1.165) is 24.8 Å². The van der Waals surface area contributed by atoms with E-state index in [0.29, 0.717) is 44.1 Å². The lowest BCUT2D eigenvalue weighted by atomic mass is 9.89. The molecule has 2 fully saturated rings. The van der Waals surface area contributed by atoms with Crippen molar-refractivity contribution in [1.82, 2.24) is 9.21 Å². The lowest BCUT2D eigenvalue weighted by Gasteiger charge is -2.37. The van der Waals surface area contributed by atoms with E-state index >= 15 is 0 Å². The number of carbonyl (C=O) groups excluding carboxylic acids is 1. The fourth-order valence-electron chi connectivity index (χ4n) is 4.87. The lowest BCUT2D eigenvalue weighted by Crippen LogP contribution is -2.48. The van der Waals surface area contributed by atoms with Crippen LogP contribution in [0, 0.1) is 17.7 Å². The van der Waals surface area contributed by atoms with Gasteiger partial charge in [-0.1, -0.05) is 12.1 Å². The molecule has 0 radical (unpaired) electrons. The van der Waals surface area contributed by atoms with Gasteiger partial charge >= 0.3 is 0 Å². The Balaban J connectivity index is 1.34. The van der Waals surface area contributed by atoms with E-state index in [1.165, 1.54) is 17.5 Å². The first-order valence-electron chi connectivity index (χ1n) is 11.5. The van der Waals surface area contributed by atoms with Crippen LogP contribution in [-0.2, 0) is 21.2 Å². The third-order valence-corrected chi connectivity index (χ3v) is 8.65. The summed E-state index contributed by atoms with van der Waals surface area (Å²) in [5, 5.41) is 0. The zero-order chi connectivity index (χ0) is 23.4. The zero-order valence-corrected chi connectivity index (χ0v) is 19.8. The molecular weight excluding hydrogens is 443 g/mol. The highest BCUT2D eigenvalue weighted by Gasteiger charge is 2.36. The Morgan fingerprint density at radius 2 is 1.79 bits per heavy atom. The van der Waals surface area contributed by atoms with Crippen LogP contribution in [0.1, 0.15) is 31.2 Å². The molecule has 33 heavy (non-hydrogen) atoms. The monoisotopic (exact) mass is 474 g/mol. The molecule has 2 aromatic carbocycles. The third kappa shape index (κ3) is 5.55. The van der Waals surface area contributed by atoms with Crippen molar-refractivity contribution >= 4 is 15.9 Å². The smallest absolute Gasteiger partial charge is 0.243 e. The predicted octanol–water partition coefficient (Wildman–Crippen LogP) is 3.72. The van der Waals surface area contributed by atoms with Gasteiger partial charge in [-0.3, -0.25) is 4.79 Å². The van der Waals surface area contributed by atoms with E-state index in [2.05, 4.69) is 0 Å². The van der Waals surface area contributed by atoms with Crippen LogP contribution in [0.15, 0.2) is 53.4 Å². The van der Waals surface area contributed by atoms with Gasteiger partial charge in [-0.2, -0.15) is 4.31 Å². The van der Waals surface area contributed by atoms with Crippen molar-refractivity contribution in [2.45, 2.75) is 37.0 Å². The Hall–Kier alpha value is -2.45. The molecule has 4 rings (SSSR count). The number of ether oxygens (including phenoxy) is 1. The van der Waals surface area contributed by atoms with Crippen molar-refractivity contribution in [3.63, 3.8) is 0 Å². The van der Waals surface area contributed by atoms with Gasteiger partial charge in [0, 0.05) is 26.2 Å². The molecule has 0 spiro atoms. The topological polar surface area (TPSA) is 66.9 Å². The Bertz CT molecular complexity index is 1070. The molecule has 6 nitrogen and oxygen atoms in total. The van der Waals surface area contributed by atoms with E-state index in [-0.39, 0.29) is 29.1 Å². The van der Waals surface area contributed by atoms with E-state index < -0.39 is 10.0 Å². The minimum atomic E-state index is -3.65. The number of nitrogens with zero attached hydrogens (tertiary/aromatic N) is 2. The number of carbonyl (C=O) groups is 1. The Labute approximate surface area is 195 Å². The number of benzene rings is 2. The van der Waals surface area contributed by atoms with Crippen molar-refractivity contribution in [2.24, 2.45) is 11.8 Å². The second kappa shape index (κ2) is 10.2. The Morgan fingerprint density at radius 3 is 2.45 bits per heavy atom. The van der Waals surface area contributed by atoms with Crippen molar-refractivity contribution in [1.29, 1.82) is 0 Å². The maximum absolute atomic E-state index is 13.4. The standard InChI is InChI=1S/C25H31FN2O4S/c1-32-23-7-9-24(10-8-23)33(30,31)28-13-3-5-21(18-28)25(29)27-14-11-19(12-15-27)16-20-4-2-6-22(26)17-20/h2,4,6-10,17,19,21H,3,5,11-16,18H2,1H3. The van der Waals surface area contributed by atoms with Gasteiger partial charge in [-0.15, -0.1) is 0 Å². The minimum absolute atomic E-state index is 0.0498. The molecule has 1 atom stereocenters. The van der Waals surface area contributed by atoms with Crippen LogP contribution in [0.4, 0.5) is 4.39 Å². The van der Waals surface area contributed by atoms with E-state index in [1.807, 2.05) is 11.0 Å². The van der Waals surface area contributed by atoms with Gasteiger partial charge in [0.1, 0.15) is 11.6 Å². The summed E-state index contributed by atoms with van der Waals surface area (Å²) in [4.78, 5) is 15.3. The maximum atomic E-state index is 13.4. The molecule has 0 N–H and O–H groups in total. The SMILES string of the molecule is COc1ccc(S(=O)(=O)N2CCCC(C(=O)N3CCC(Cc4cccc(F)c4)CC3)C2)cc1. The second-order valence-electron chi connectivity index (χ2n) is 8.98. The molecular formula is C25H31FN2O4S. The molecule has 2 saturated heterocycles. The summed E-state index contributed by atoms with van der Waals surface area (Å²) in [6.45, 7) is 1.98. The van der Waals surface area contributed by atoms with Crippen molar-refractivity contribution in [3.05, 3.63) is 59.9 Å². The van der Waals surface area contributed by atoms with Crippen LogP contribution in [0.5, 0.6) is 5.75 Å². The highest BCUT2D eigenvalue weighted by atomic mass is 32.2. The van der Waals surface area contributed by atoms with Gasteiger partial charge in [0.15, 0.2) is 0 Å². The number of hydrogen-bond donors (Lipinski definition) is 0. The lowest BCUT2D eigenvalue weighted by molar-refractivity contribution is -0.138. The van der Waals surface area contributed by atoms with Crippen LogP contribution in [-0.4, -0.2) is 56.8 Å². The largest absolute Gasteiger partial charge is 0.497 e. The molecule has 8 heteroatoms. The highest BCUT2D eigenvalue weighted by Crippen LogP contribution is 2.28. The number of rotatable bonds is 6. The fourth-order valence-corrected chi connectivity index (χ4v) is 6.40. The van der Waals surface area contributed by atoms with Crippen LogP contribution in [0.2, 0.25) is 0 Å². The first kappa shape index (κ1) is 23.7. The van der Waals surface area contributed by atoms with Gasteiger partial charge in [0.2, 0.25) is 15.9 Å². The number of hydrogen-bond acceptors (Lipinski definition) is 4. The fraction of sp³-hybridized carbons (Fsp3) is 0.480. The summed E-state index contributed by atoms with van der Waals surface area (Å²) in [6, 6.07) is 13.1. The molecule has 2 heterocycles. The summed E-state index contributed by atoms with van der Waals surface area (Å²) in [5.41, 5.74) is 0.992. The third-order valence-electron chi connectivity index (χ3n) is 6.77. The van der Waals surface area contributed by atoms with Crippen LogP contribution in [0.25, 0.3) is 0 Å². The van der Waals surface area contributed by atoms with Gasteiger partial charge in [0.05, 0.1) is 17.9 Å². The summed E-state index contributed by atoms with van der Waals surface area (Å²) in [5.74, 6) is 0.544. The van der Waals surface area contributed by atoms with Crippen molar-refractivity contribution < 1.29 is 22.3 Å². The number of amides is 1. The normalized spacial score (nSPS) is 20.5. The quantitative estimate of drug-likeness (QED) is 0.640. The molecule has 0 aliphatic carbocycles. The van der Waals surface area contributed by atoms with Crippen molar-refractivity contribution in [3.8, 4) is 5.75 Å². The van der Waals surface area contributed by atoms with Gasteiger partial charge in [-0.05, 0) is 80.0 Å². The van der Waals surface area contributed by atoms with E-state index in [1.54, 1.807) is 36.4 Å². The van der Waals surface area contributed by atoms with E-state index in [9.17, 15) is 17.6 Å². The van der Waals surface area contributed by atoms with Gasteiger partial charge in [-0.25, -0.2) is 12.8 Å². The molecule has 0 saturated carbocycles. The molecule has 2 aromatic rings. The number of likely N-dealkylation sites (tertiary alicyclic amines) is 1. The molecule has 2 aliphatic heterocycles. The number of halogens is 1.